The highest BCUT2D eigenvalue weighted by atomic mass is 16.3. The molecular weight excluding hydrogens is 1040 g/mol. The van der Waals surface area contributed by atoms with Crippen LogP contribution in [0.1, 0.15) is 85.5 Å². The van der Waals surface area contributed by atoms with Gasteiger partial charge < -0.3 is 80.0 Å². The third-order valence-electron chi connectivity index (χ3n) is 15.9. The molecule has 2 saturated carbocycles. The summed E-state index contributed by atoms with van der Waals surface area (Å²) in [6.07, 6.45) is 13.1. The van der Waals surface area contributed by atoms with Gasteiger partial charge in [-0.2, -0.15) is 49.9 Å². The third kappa shape index (κ3) is 10.5. The smallest absolute Gasteiger partial charge is 0.320 e. The van der Waals surface area contributed by atoms with E-state index >= 15 is 0 Å². The van der Waals surface area contributed by atoms with Crippen LogP contribution in [0.25, 0.3) is 22.3 Å². The first-order valence-electron chi connectivity index (χ1n) is 27.1. The summed E-state index contributed by atoms with van der Waals surface area (Å²) in [5.74, 6) is 1.71. The van der Waals surface area contributed by atoms with Crippen LogP contribution in [0.3, 0.4) is 0 Å². The fourth-order valence-corrected chi connectivity index (χ4v) is 11.6. The molecule has 8 atom stereocenters. The van der Waals surface area contributed by atoms with Crippen LogP contribution in [-0.2, 0) is 40.2 Å². The van der Waals surface area contributed by atoms with E-state index < -0.39 is 48.6 Å². The van der Waals surface area contributed by atoms with E-state index in [-0.39, 0.29) is 44.2 Å². The Morgan fingerprint density at radius 2 is 0.963 bits per heavy atom. The maximum atomic E-state index is 14.1. The summed E-state index contributed by atoms with van der Waals surface area (Å²) < 4.78 is 7.31. The normalized spacial score (nSPS) is 23.9. The summed E-state index contributed by atoms with van der Waals surface area (Å²) in [5, 5.41) is 95.3. The number of hydrogen-bond donors (Lipinski definition) is 10. The molecule has 0 radical (unpaired) electrons. The Bertz CT molecular complexity index is 3210. The quantitative estimate of drug-likeness (QED) is 0.0508. The zero-order chi connectivity index (χ0) is 55.2. The van der Waals surface area contributed by atoms with Crippen LogP contribution in [-0.4, -0.2) is 210 Å². The van der Waals surface area contributed by atoms with Crippen LogP contribution in [0, 0.1) is 0 Å². The van der Waals surface area contributed by atoms with Gasteiger partial charge in [0.05, 0.1) is 74.4 Å². The van der Waals surface area contributed by atoms with E-state index in [1.165, 1.54) is 22.0 Å². The summed E-state index contributed by atoms with van der Waals surface area (Å²) in [5.41, 5.74) is 4.44. The molecule has 2 aliphatic carbocycles. The van der Waals surface area contributed by atoms with E-state index in [2.05, 4.69) is 51.6 Å². The van der Waals surface area contributed by atoms with Crippen LogP contribution in [0.2, 0.25) is 0 Å². The molecule has 2 saturated heterocycles. The van der Waals surface area contributed by atoms with E-state index in [0.717, 1.165) is 11.4 Å². The number of carbonyl (C=O) groups is 1. The zero-order valence-corrected chi connectivity index (χ0v) is 44.2. The van der Waals surface area contributed by atoms with Crippen molar-refractivity contribution in [2.45, 2.75) is 125 Å². The average Bonchev–Trinajstić information content (AvgIpc) is 4.49. The number of hydrogen-bond acceptors (Lipinski definition) is 23. The Balaban J connectivity index is 0.700. The highest BCUT2D eigenvalue weighted by Gasteiger charge is 2.47. The monoisotopic (exact) mass is 1100 g/mol. The van der Waals surface area contributed by atoms with Crippen molar-refractivity contribution in [2.75, 3.05) is 60.5 Å². The number of nitrogens with zero attached hydrogens (tertiary/aromatic N) is 20. The van der Waals surface area contributed by atoms with Gasteiger partial charge >= 0.3 is 6.03 Å². The highest BCUT2D eigenvalue weighted by molar-refractivity contribution is 5.85. The van der Waals surface area contributed by atoms with E-state index in [4.69, 9.17) is 29.9 Å². The lowest BCUT2D eigenvalue weighted by atomic mass is 10.0. The van der Waals surface area contributed by atoms with Gasteiger partial charge in [-0.3, -0.25) is 0 Å². The molecular formula is C49H66N24O7. The molecule has 10 N–H and O–H groups in total. The summed E-state index contributed by atoms with van der Waals surface area (Å²) in [7, 11) is 3.83. The zero-order valence-electron chi connectivity index (χ0n) is 44.2. The number of aryl methyl sites for hydroxylation is 2. The first-order valence-corrected chi connectivity index (χ1v) is 27.1. The lowest BCUT2D eigenvalue weighted by Gasteiger charge is -2.39. The molecule has 31 heteroatoms. The predicted octanol–water partition coefficient (Wildman–Crippen LogP) is -0.702. The number of imidazole rings is 4. The Morgan fingerprint density at radius 1 is 0.550 bits per heavy atom. The fourth-order valence-electron chi connectivity index (χ4n) is 11.6. The number of anilines is 4. The second-order valence-corrected chi connectivity index (χ2v) is 21.3. The second kappa shape index (κ2) is 22.3. The standard InChI is InChI=1S/C49H66N24O7/c1-66-19-29(52-23-66)3-9-50-47-60-43(37-45(62-47)70(25-54-37)33-15-35(41(78)39(33)76)72-56-17-31(21-74)64-72)58-27-5-11-68(12-6-27)49(80)69-13-7-28(8-14-69)59-44-38-46(63-48(61-44)51-10-4-30-20-67(2)24-53-30)71(26-55-38)34-16-36(42(79)40(34)77)73-57-18-32(22-75)65-73/h17-20,23-28,33-36,39-42,74-79H,3-16,21-22H2,1-2H3,(H2,50,58,60,62)(H2,51,59,61,63)/t33-,34-,35+,36+,39+,40+,41-,42-/m1/s1. The Labute approximate surface area is 456 Å². The largest absolute Gasteiger partial charge is 0.390 e. The summed E-state index contributed by atoms with van der Waals surface area (Å²) in [6.45, 7) is 2.48. The number of aliphatic hydroxyl groups excluding tert-OH is 6. The molecule has 2 amide bonds. The molecule has 0 spiro atoms. The van der Waals surface area contributed by atoms with E-state index in [0.29, 0.717) is 135 Å². The molecule has 31 nitrogen and oxygen atoms in total. The van der Waals surface area contributed by atoms with Crippen molar-refractivity contribution < 1.29 is 35.4 Å². The van der Waals surface area contributed by atoms with Gasteiger partial charge in [-0.05, 0) is 38.5 Å². The average molecular weight is 1100 g/mol. The van der Waals surface area contributed by atoms with Crippen molar-refractivity contribution in [2.24, 2.45) is 14.1 Å². The molecule has 10 heterocycles. The first-order chi connectivity index (χ1) is 38.9. The number of aliphatic hydroxyl groups is 6. The van der Waals surface area contributed by atoms with Crippen molar-refractivity contribution in [3.63, 3.8) is 0 Å². The van der Waals surface area contributed by atoms with Crippen LogP contribution >= 0.6 is 0 Å². The van der Waals surface area contributed by atoms with Crippen molar-refractivity contribution in [1.82, 2.24) is 97.9 Å². The van der Waals surface area contributed by atoms with Gasteiger partial charge in [0, 0.05) is 90.7 Å². The Kier molecular flexibility index (Phi) is 14.7. The minimum atomic E-state index is -1.19. The van der Waals surface area contributed by atoms with Gasteiger partial charge in [0.15, 0.2) is 34.0 Å². The molecule has 8 aromatic rings. The molecule has 0 bridgehead atoms. The van der Waals surface area contributed by atoms with E-state index in [1.54, 1.807) is 34.4 Å². The molecule has 2 aliphatic heterocycles. The maximum Gasteiger partial charge on any atom is 0.320 e. The Hall–Kier alpha value is -7.97. The van der Waals surface area contributed by atoms with E-state index in [1.807, 2.05) is 45.4 Å². The number of amides is 2. The number of urea groups is 1. The van der Waals surface area contributed by atoms with Gasteiger partial charge in [0.1, 0.15) is 47.9 Å². The first kappa shape index (κ1) is 52.7. The van der Waals surface area contributed by atoms with Gasteiger partial charge in [0.25, 0.3) is 0 Å². The molecule has 4 fully saturated rings. The SMILES string of the molecule is Cn1cnc(CCNc2nc(NC3CCN(C(=O)N4CCC(Nc5nc(NCCc6cn(C)cn6)nc6c5ncn6[C@@H]5C[C@H](n6ncc(CO)n6)[C@@H](O)[C@H]5O)CC4)CC3)c3ncn([C@@H]4C[C@H](n5ncc(CO)n5)[C@@H](O)[C@H]4O)c3n2)c1. The summed E-state index contributed by atoms with van der Waals surface area (Å²) >= 11 is 0. The van der Waals surface area contributed by atoms with Crippen LogP contribution in [0.4, 0.5) is 28.3 Å². The van der Waals surface area contributed by atoms with Gasteiger partial charge in [-0.1, -0.05) is 0 Å². The minimum Gasteiger partial charge on any atom is -0.390 e. The van der Waals surface area contributed by atoms with Crippen molar-refractivity contribution in [3.8, 4) is 0 Å². The predicted molar refractivity (Wildman–Crippen MR) is 285 cm³/mol. The maximum absolute atomic E-state index is 14.1. The lowest BCUT2D eigenvalue weighted by Crippen LogP contribution is -2.51. The van der Waals surface area contributed by atoms with Crippen LogP contribution in [0.5, 0.6) is 0 Å². The number of fused-ring (bicyclic) bond motifs is 2. The Morgan fingerprint density at radius 3 is 1.34 bits per heavy atom. The van der Waals surface area contributed by atoms with Crippen molar-refractivity contribution in [3.05, 3.63) is 72.9 Å². The number of aromatic nitrogens is 18. The molecule has 424 valence electrons. The van der Waals surface area contributed by atoms with Crippen LogP contribution < -0.4 is 21.3 Å². The molecule has 8 aromatic heterocycles. The number of likely N-dealkylation sites (tertiary alicyclic amines) is 2. The van der Waals surface area contributed by atoms with Gasteiger partial charge in [-0.15, -0.1) is 0 Å². The minimum absolute atomic E-state index is 0.0194. The molecule has 4 aliphatic rings. The number of carbonyl (C=O) groups excluding carboxylic acids is 1. The van der Waals surface area contributed by atoms with Crippen LogP contribution in [0.15, 0.2) is 50.1 Å². The molecule has 0 unspecified atom stereocenters. The molecule has 0 aromatic carbocycles. The summed E-state index contributed by atoms with van der Waals surface area (Å²) in [4.78, 5) is 58.5. The van der Waals surface area contributed by atoms with E-state index in [9.17, 15) is 35.4 Å². The lowest BCUT2D eigenvalue weighted by molar-refractivity contribution is 0.00491. The topological polar surface area (TPSA) is 377 Å². The van der Waals surface area contributed by atoms with Crippen molar-refractivity contribution in [1.29, 1.82) is 0 Å². The van der Waals surface area contributed by atoms with Crippen molar-refractivity contribution >= 4 is 51.9 Å². The van der Waals surface area contributed by atoms with Gasteiger partial charge in [0.2, 0.25) is 11.9 Å². The summed E-state index contributed by atoms with van der Waals surface area (Å²) in [6, 6.07) is -2.68. The van der Waals surface area contributed by atoms with Gasteiger partial charge in [-0.25, -0.2) is 24.7 Å². The third-order valence-corrected chi connectivity index (χ3v) is 15.9. The number of nitrogens with one attached hydrogen (secondary N) is 4. The fraction of sp³-hybridized carbons (Fsp3) is 0.571. The number of piperidine rings is 2. The molecule has 80 heavy (non-hydrogen) atoms. The number of rotatable bonds is 18. The second-order valence-electron chi connectivity index (χ2n) is 21.3. The highest BCUT2D eigenvalue weighted by Crippen LogP contribution is 2.41. The molecule has 12 rings (SSSR count).